The Balaban J connectivity index is 2.39. The van der Waals surface area contributed by atoms with Gasteiger partial charge in [0.25, 0.3) is 0 Å². The van der Waals surface area contributed by atoms with Crippen LogP contribution >= 0.6 is 0 Å². The lowest BCUT2D eigenvalue weighted by atomic mass is 10.1. The van der Waals surface area contributed by atoms with E-state index in [0.717, 1.165) is 18.4 Å². The van der Waals surface area contributed by atoms with Gasteiger partial charge in [0.2, 0.25) is 0 Å². The highest BCUT2D eigenvalue weighted by Crippen LogP contribution is 2.21. The van der Waals surface area contributed by atoms with Gasteiger partial charge in [-0.15, -0.1) is 0 Å². The lowest BCUT2D eigenvalue weighted by Gasteiger charge is -2.03. The second-order valence-corrected chi connectivity index (χ2v) is 4.67. The summed E-state index contributed by atoms with van der Waals surface area (Å²) in [6.07, 6.45) is 2.51. The molecule has 0 radical (unpaired) electrons. The van der Waals surface area contributed by atoms with Crippen molar-refractivity contribution >= 4 is 6.29 Å². The first-order valence-corrected chi connectivity index (χ1v) is 5.88. The Morgan fingerprint density at radius 1 is 1.33 bits per heavy atom. The third-order valence-electron chi connectivity index (χ3n) is 2.59. The van der Waals surface area contributed by atoms with Crippen LogP contribution in [0.3, 0.4) is 0 Å². The molecular weight excluding hydrogens is 231 g/mol. The number of nitrogens with zero attached hydrogens (tertiary/aromatic N) is 2. The molecule has 0 unspecified atom stereocenters. The van der Waals surface area contributed by atoms with E-state index < -0.39 is 0 Å². The van der Waals surface area contributed by atoms with Gasteiger partial charge in [-0.1, -0.05) is 13.8 Å². The van der Waals surface area contributed by atoms with Gasteiger partial charge in [-0.05, 0) is 30.2 Å². The van der Waals surface area contributed by atoms with E-state index in [1.807, 2.05) is 0 Å². The predicted molar refractivity (Wildman–Crippen MR) is 67.8 cm³/mol. The summed E-state index contributed by atoms with van der Waals surface area (Å²) >= 11 is 0. The molecule has 0 aliphatic rings. The van der Waals surface area contributed by atoms with Crippen LogP contribution < -0.4 is 0 Å². The molecule has 1 aromatic carbocycles. The van der Waals surface area contributed by atoms with Crippen LogP contribution in [-0.4, -0.2) is 16.1 Å². The predicted octanol–water partition coefficient (Wildman–Crippen LogP) is 3.16. The van der Waals surface area contributed by atoms with Crippen LogP contribution in [0.15, 0.2) is 30.5 Å². The first kappa shape index (κ1) is 12.5. The van der Waals surface area contributed by atoms with Crippen LogP contribution in [0.5, 0.6) is 0 Å². The van der Waals surface area contributed by atoms with E-state index in [2.05, 4.69) is 18.9 Å². The van der Waals surface area contributed by atoms with Crippen LogP contribution in [-0.2, 0) is 6.54 Å². The van der Waals surface area contributed by atoms with Gasteiger partial charge in [0.15, 0.2) is 6.29 Å². The molecule has 94 valence electrons. The van der Waals surface area contributed by atoms with Crippen LogP contribution in [0.4, 0.5) is 4.39 Å². The maximum Gasteiger partial charge on any atom is 0.153 e. The molecule has 3 nitrogen and oxygen atoms in total. The summed E-state index contributed by atoms with van der Waals surface area (Å²) in [5.74, 6) is 0.151. The van der Waals surface area contributed by atoms with E-state index in [-0.39, 0.29) is 5.82 Å². The topological polar surface area (TPSA) is 34.9 Å². The summed E-state index contributed by atoms with van der Waals surface area (Å²) in [7, 11) is 0. The van der Waals surface area contributed by atoms with Gasteiger partial charge < -0.3 is 0 Å². The molecule has 0 atom stereocenters. The first-order valence-electron chi connectivity index (χ1n) is 5.88. The molecule has 0 saturated carbocycles. The summed E-state index contributed by atoms with van der Waals surface area (Å²) in [6, 6.07) is 5.99. The highest BCUT2D eigenvalue weighted by molar-refractivity contribution is 5.85. The number of carbonyl (C=O) groups excluding carboxylic acids is 1. The van der Waals surface area contributed by atoms with Gasteiger partial charge in [0, 0.05) is 18.3 Å². The molecule has 0 aliphatic carbocycles. The summed E-state index contributed by atoms with van der Waals surface area (Å²) in [5, 5.41) is 4.38. The molecule has 1 heterocycles. The number of halogens is 1. The standard InChI is InChI=1S/C14H15FN2O/c1-10(2)7-17-8-12(9-18)14(16-17)11-3-5-13(15)6-4-11/h3-6,8-10H,7H2,1-2H3. The quantitative estimate of drug-likeness (QED) is 0.777. The van der Waals surface area contributed by atoms with Crippen LogP contribution in [0.25, 0.3) is 11.3 Å². The monoisotopic (exact) mass is 246 g/mol. The molecule has 1 aromatic heterocycles. The van der Waals surface area contributed by atoms with Crippen molar-refractivity contribution in [3.63, 3.8) is 0 Å². The number of rotatable bonds is 4. The second kappa shape index (κ2) is 5.12. The maximum atomic E-state index is 12.9. The third-order valence-corrected chi connectivity index (χ3v) is 2.59. The average molecular weight is 246 g/mol. The van der Waals surface area contributed by atoms with Crippen LogP contribution in [0, 0.1) is 11.7 Å². The van der Waals surface area contributed by atoms with Gasteiger partial charge in [-0.2, -0.15) is 5.10 Å². The SMILES string of the molecule is CC(C)Cn1cc(C=O)c(-c2ccc(F)cc2)n1. The van der Waals surface area contributed by atoms with Crippen molar-refractivity contribution in [2.24, 2.45) is 5.92 Å². The van der Waals surface area contributed by atoms with Crippen molar-refractivity contribution in [1.82, 2.24) is 9.78 Å². The number of carbonyl (C=O) groups is 1. The average Bonchev–Trinajstić information content (AvgIpc) is 2.72. The number of hydrogen-bond acceptors (Lipinski definition) is 2. The van der Waals surface area contributed by atoms with Crippen molar-refractivity contribution in [1.29, 1.82) is 0 Å². The summed E-state index contributed by atoms with van der Waals surface area (Å²) in [5.41, 5.74) is 1.88. The molecule has 0 bridgehead atoms. The largest absolute Gasteiger partial charge is 0.298 e. The first-order chi connectivity index (χ1) is 8.60. The highest BCUT2D eigenvalue weighted by atomic mass is 19.1. The van der Waals surface area contributed by atoms with Gasteiger partial charge in [-0.3, -0.25) is 9.48 Å². The summed E-state index contributed by atoms with van der Waals surface area (Å²) in [6.45, 7) is 4.92. The van der Waals surface area contributed by atoms with Crippen molar-refractivity contribution in [3.05, 3.63) is 41.8 Å². The molecule has 0 saturated heterocycles. The van der Waals surface area contributed by atoms with Gasteiger partial charge in [0.1, 0.15) is 11.5 Å². The normalized spacial score (nSPS) is 10.9. The Kier molecular flexibility index (Phi) is 3.55. The van der Waals surface area contributed by atoms with Crippen molar-refractivity contribution in [2.45, 2.75) is 20.4 Å². The number of aromatic nitrogens is 2. The van der Waals surface area contributed by atoms with Gasteiger partial charge >= 0.3 is 0 Å². The zero-order valence-corrected chi connectivity index (χ0v) is 10.4. The van der Waals surface area contributed by atoms with Crippen LogP contribution in [0.2, 0.25) is 0 Å². The fourth-order valence-electron chi connectivity index (χ4n) is 1.82. The highest BCUT2D eigenvalue weighted by Gasteiger charge is 2.11. The number of aldehydes is 1. The lowest BCUT2D eigenvalue weighted by Crippen LogP contribution is -2.04. The molecule has 2 aromatic rings. The fourth-order valence-corrected chi connectivity index (χ4v) is 1.82. The van der Waals surface area contributed by atoms with E-state index in [1.54, 1.807) is 23.0 Å². The smallest absolute Gasteiger partial charge is 0.153 e. The molecule has 0 fully saturated rings. The Labute approximate surface area is 105 Å². The molecule has 18 heavy (non-hydrogen) atoms. The van der Waals surface area contributed by atoms with E-state index in [0.29, 0.717) is 17.2 Å². The summed E-state index contributed by atoms with van der Waals surface area (Å²) < 4.78 is 14.6. The minimum absolute atomic E-state index is 0.298. The van der Waals surface area contributed by atoms with E-state index in [1.165, 1.54) is 12.1 Å². The Hall–Kier alpha value is -1.97. The van der Waals surface area contributed by atoms with Gasteiger partial charge in [-0.25, -0.2) is 4.39 Å². The molecular formula is C14H15FN2O. The molecule has 2 rings (SSSR count). The van der Waals surface area contributed by atoms with E-state index in [4.69, 9.17) is 0 Å². The lowest BCUT2D eigenvalue weighted by molar-refractivity contribution is 0.112. The molecule has 0 aliphatic heterocycles. The maximum absolute atomic E-state index is 12.9. The third kappa shape index (κ3) is 2.64. The van der Waals surface area contributed by atoms with E-state index in [9.17, 15) is 9.18 Å². The Bertz CT molecular complexity index is 543. The minimum Gasteiger partial charge on any atom is -0.298 e. The van der Waals surface area contributed by atoms with Crippen molar-refractivity contribution < 1.29 is 9.18 Å². The number of hydrogen-bond donors (Lipinski definition) is 0. The zero-order valence-electron chi connectivity index (χ0n) is 10.4. The van der Waals surface area contributed by atoms with Crippen LogP contribution in [0.1, 0.15) is 24.2 Å². The Morgan fingerprint density at radius 3 is 2.56 bits per heavy atom. The Morgan fingerprint density at radius 2 is 2.00 bits per heavy atom. The van der Waals surface area contributed by atoms with E-state index >= 15 is 0 Å². The summed E-state index contributed by atoms with van der Waals surface area (Å²) in [4.78, 5) is 11.0. The molecule has 0 N–H and O–H groups in total. The van der Waals surface area contributed by atoms with Crippen molar-refractivity contribution in [2.75, 3.05) is 0 Å². The minimum atomic E-state index is -0.298. The number of benzene rings is 1. The fraction of sp³-hybridized carbons (Fsp3) is 0.286. The second-order valence-electron chi connectivity index (χ2n) is 4.67. The van der Waals surface area contributed by atoms with Gasteiger partial charge in [0.05, 0.1) is 5.56 Å². The molecule has 0 amide bonds. The molecule has 0 spiro atoms. The van der Waals surface area contributed by atoms with Crippen molar-refractivity contribution in [3.8, 4) is 11.3 Å². The molecule has 4 heteroatoms. The zero-order chi connectivity index (χ0) is 13.1.